The third-order valence-electron chi connectivity index (χ3n) is 7.41. The highest BCUT2D eigenvalue weighted by molar-refractivity contribution is 6.23. The topological polar surface area (TPSA) is 132 Å². The van der Waals surface area contributed by atoms with E-state index in [2.05, 4.69) is 10.3 Å². The van der Waals surface area contributed by atoms with E-state index in [0.717, 1.165) is 48.3 Å². The number of urea groups is 1. The zero-order valence-corrected chi connectivity index (χ0v) is 23.8. The summed E-state index contributed by atoms with van der Waals surface area (Å²) in [6.45, 7) is 3.35. The Bertz CT molecular complexity index is 1540. The van der Waals surface area contributed by atoms with Gasteiger partial charge in [0, 0.05) is 25.1 Å². The fraction of sp³-hybridized carbons (Fsp3) is 0.400. The number of benzene rings is 2. The fourth-order valence-electron chi connectivity index (χ4n) is 4.86. The number of nitrogens with zero attached hydrogens (tertiary/aromatic N) is 6. The molecule has 3 aromatic rings. The predicted octanol–water partition coefficient (Wildman–Crippen LogP) is 5.09. The van der Waals surface area contributed by atoms with E-state index in [9.17, 15) is 27.6 Å². The van der Waals surface area contributed by atoms with Crippen LogP contribution in [0.3, 0.4) is 0 Å². The summed E-state index contributed by atoms with van der Waals surface area (Å²) in [5, 5.41) is 26.2. The summed E-state index contributed by atoms with van der Waals surface area (Å²) in [6.07, 6.45) is 0.788. The van der Waals surface area contributed by atoms with Gasteiger partial charge in [-0.05, 0) is 50.5 Å². The Labute approximate surface area is 246 Å². The van der Waals surface area contributed by atoms with Crippen LogP contribution in [0.1, 0.15) is 62.6 Å². The van der Waals surface area contributed by atoms with Crippen LogP contribution in [0.5, 0.6) is 0 Å². The summed E-state index contributed by atoms with van der Waals surface area (Å²) < 4.78 is 42.3. The van der Waals surface area contributed by atoms with E-state index < -0.39 is 41.4 Å². The number of halogens is 3. The van der Waals surface area contributed by atoms with Gasteiger partial charge in [0.1, 0.15) is 17.8 Å². The summed E-state index contributed by atoms with van der Waals surface area (Å²) in [5.41, 5.74) is -1.27. The quantitative estimate of drug-likeness (QED) is 0.227. The van der Waals surface area contributed by atoms with Crippen molar-refractivity contribution in [1.29, 1.82) is 5.26 Å². The van der Waals surface area contributed by atoms with E-state index in [-0.39, 0.29) is 18.0 Å². The van der Waals surface area contributed by atoms with Crippen molar-refractivity contribution in [3.63, 3.8) is 0 Å². The molecule has 0 saturated carbocycles. The first-order valence-electron chi connectivity index (χ1n) is 13.8. The molecule has 1 saturated heterocycles. The van der Waals surface area contributed by atoms with Gasteiger partial charge in [0.2, 0.25) is 0 Å². The van der Waals surface area contributed by atoms with Crippen LogP contribution in [0.25, 0.3) is 11.3 Å². The number of carbonyl (C=O) groups excluding carboxylic acids is 3. The molecule has 0 atom stereocenters. The third-order valence-corrected chi connectivity index (χ3v) is 7.41. The lowest BCUT2D eigenvalue weighted by molar-refractivity contribution is -0.137. The summed E-state index contributed by atoms with van der Waals surface area (Å²) >= 11 is 0. The maximum atomic E-state index is 13.5. The molecule has 1 aliphatic heterocycles. The van der Waals surface area contributed by atoms with Crippen LogP contribution in [0.4, 0.5) is 23.7 Å². The van der Waals surface area contributed by atoms with Crippen LogP contribution in [-0.4, -0.2) is 54.9 Å². The Hall–Kier alpha value is -4.57. The van der Waals surface area contributed by atoms with Crippen LogP contribution in [0.15, 0.2) is 48.7 Å². The lowest BCUT2D eigenvalue weighted by Crippen LogP contribution is -2.43. The van der Waals surface area contributed by atoms with Crippen LogP contribution in [-0.2, 0) is 28.9 Å². The molecule has 1 aromatic heterocycles. The van der Waals surface area contributed by atoms with Gasteiger partial charge in [-0.3, -0.25) is 14.3 Å². The smallest absolute Gasteiger partial charge is 0.389 e. The second kappa shape index (κ2) is 12.7. The highest BCUT2D eigenvalue weighted by Crippen LogP contribution is 2.38. The van der Waals surface area contributed by atoms with Gasteiger partial charge in [-0.15, -0.1) is 5.10 Å². The Morgan fingerprint density at radius 2 is 1.74 bits per heavy atom. The number of imide groups is 1. The minimum atomic E-state index is -4.83. The average molecular weight is 597 g/mol. The number of nitriles is 1. The van der Waals surface area contributed by atoms with E-state index in [1.54, 1.807) is 16.8 Å². The molecule has 0 bridgehead atoms. The van der Waals surface area contributed by atoms with Crippen molar-refractivity contribution in [3.05, 3.63) is 65.4 Å². The van der Waals surface area contributed by atoms with Gasteiger partial charge in [0.05, 0.1) is 29.1 Å². The third kappa shape index (κ3) is 6.91. The highest BCUT2D eigenvalue weighted by Gasteiger charge is 2.52. The van der Waals surface area contributed by atoms with E-state index in [4.69, 9.17) is 10.4 Å². The van der Waals surface area contributed by atoms with E-state index >= 15 is 0 Å². The Morgan fingerprint density at radius 3 is 2.40 bits per heavy atom. The lowest BCUT2D eigenvalue weighted by Gasteiger charge is -2.27. The van der Waals surface area contributed by atoms with Gasteiger partial charge in [-0.2, -0.15) is 18.4 Å². The molecule has 2 heterocycles. The van der Waals surface area contributed by atoms with E-state index in [1.165, 1.54) is 24.8 Å². The first kappa shape index (κ1) is 31.4. The van der Waals surface area contributed by atoms with Crippen molar-refractivity contribution in [2.45, 2.75) is 70.8 Å². The largest absolute Gasteiger partial charge is 0.417 e. The SMILES string of the molecule is CC1(C)C(=O)N(c2ccc(C#N)c(C(F)(F)F)c2)C(=O)N1Cc1ccc(-c2cn(CCCCCCC(=O)CO)nn2)cc1. The molecular formula is C30H31F3N6O4. The summed E-state index contributed by atoms with van der Waals surface area (Å²) in [4.78, 5) is 39.8. The molecule has 0 radical (unpaired) electrons. The minimum absolute atomic E-state index is 0.0351. The van der Waals surface area contributed by atoms with Crippen LogP contribution in [0, 0.1) is 11.3 Å². The normalized spacial score (nSPS) is 14.8. The number of alkyl halides is 3. The zero-order valence-electron chi connectivity index (χ0n) is 23.8. The molecule has 43 heavy (non-hydrogen) atoms. The molecular weight excluding hydrogens is 565 g/mol. The number of aliphatic hydroxyl groups excluding tert-OH is 1. The molecule has 1 aliphatic rings. The number of ketones is 1. The van der Waals surface area contributed by atoms with Crippen LogP contribution in [0.2, 0.25) is 0 Å². The second-order valence-electron chi connectivity index (χ2n) is 10.8. The summed E-state index contributed by atoms with van der Waals surface area (Å²) in [7, 11) is 0. The number of hydrogen-bond acceptors (Lipinski definition) is 7. The Kier molecular flexibility index (Phi) is 9.30. The Morgan fingerprint density at radius 1 is 1.05 bits per heavy atom. The number of aliphatic hydroxyl groups is 1. The van der Waals surface area contributed by atoms with Crippen LogP contribution < -0.4 is 4.90 Å². The summed E-state index contributed by atoms with van der Waals surface area (Å²) in [5.74, 6) is -0.827. The number of aromatic nitrogens is 3. The van der Waals surface area contributed by atoms with Crippen molar-refractivity contribution in [3.8, 4) is 17.3 Å². The number of unbranched alkanes of at least 4 members (excludes halogenated alkanes) is 3. The number of amides is 3. The zero-order chi connectivity index (χ0) is 31.4. The van der Waals surface area contributed by atoms with E-state index in [0.29, 0.717) is 30.3 Å². The Balaban J connectivity index is 1.41. The molecule has 3 amide bonds. The summed E-state index contributed by atoms with van der Waals surface area (Å²) in [6, 6.07) is 10.7. The number of rotatable bonds is 12. The number of carbonyl (C=O) groups is 3. The maximum Gasteiger partial charge on any atom is 0.417 e. The molecule has 0 spiro atoms. The van der Waals surface area contributed by atoms with Crippen molar-refractivity contribution >= 4 is 23.4 Å². The van der Waals surface area contributed by atoms with Gasteiger partial charge in [-0.25, -0.2) is 9.69 Å². The minimum Gasteiger partial charge on any atom is -0.389 e. The van der Waals surface area contributed by atoms with Crippen LogP contribution >= 0.6 is 0 Å². The van der Waals surface area contributed by atoms with Crippen molar-refractivity contribution in [2.24, 2.45) is 0 Å². The standard InChI is InChI=1S/C30H31F3N6O4/c1-29(2)27(42)39(23-13-12-22(16-34)25(15-23)30(31,32)33)28(43)38(29)17-20-8-10-21(11-9-20)26-18-37(36-35-26)14-6-4-3-5-7-24(41)19-40/h8-13,15,18,40H,3-7,14,17,19H2,1-2H3. The van der Waals surface area contributed by atoms with Gasteiger partial charge in [0.25, 0.3) is 5.91 Å². The molecule has 13 heteroatoms. The maximum absolute atomic E-state index is 13.5. The molecule has 1 fully saturated rings. The van der Waals surface area contributed by atoms with E-state index in [1.807, 2.05) is 18.3 Å². The predicted molar refractivity (Wildman–Crippen MR) is 149 cm³/mol. The van der Waals surface area contributed by atoms with Gasteiger partial charge in [0.15, 0.2) is 5.78 Å². The molecule has 1 N–H and O–H groups in total. The molecule has 10 nitrogen and oxygen atoms in total. The number of anilines is 1. The lowest BCUT2D eigenvalue weighted by atomic mass is 10.0. The number of Topliss-reactive ketones (excluding diaryl/α,β-unsaturated/α-hetero) is 1. The molecule has 2 aromatic carbocycles. The molecule has 0 unspecified atom stereocenters. The molecule has 0 aliphatic carbocycles. The number of hydrogen-bond donors (Lipinski definition) is 1. The highest BCUT2D eigenvalue weighted by atomic mass is 19.4. The van der Waals surface area contributed by atoms with Crippen molar-refractivity contribution < 1.29 is 32.7 Å². The average Bonchev–Trinajstić information content (AvgIpc) is 3.51. The van der Waals surface area contributed by atoms with Gasteiger partial charge >= 0.3 is 12.2 Å². The second-order valence-corrected chi connectivity index (χ2v) is 10.8. The molecule has 4 rings (SSSR count). The van der Waals surface area contributed by atoms with Crippen molar-refractivity contribution in [2.75, 3.05) is 11.5 Å². The first-order valence-corrected chi connectivity index (χ1v) is 13.8. The monoisotopic (exact) mass is 596 g/mol. The number of aryl methyl sites for hydroxylation is 1. The molecule has 226 valence electrons. The van der Waals surface area contributed by atoms with Crippen molar-refractivity contribution in [1.82, 2.24) is 19.9 Å². The first-order chi connectivity index (χ1) is 20.4. The van der Waals surface area contributed by atoms with Gasteiger partial charge in [-0.1, -0.05) is 42.3 Å². The fourth-order valence-corrected chi connectivity index (χ4v) is 4.86. The van der Waals surface area contributed by atoms with Gasteiger partial charge < -0.3 is 10.0 Å².